The molecule has 1 fully saturated rings. The summed E-state index contributed by atoms with van der Waals surface area (Å²) in [5.74, 6) is 0. The van der Waals surface area contributed by atoms with Crippen molar-refractivity contribution >= 4 is 22.9 Å². The van der Waals surface area contributed by atoms with E-state index in [1.54, 1.807) is 0 Å². The van der Waals surface area contributed by atoms with E-state index in [0.717, 1.165) is 19.6 Å². The van der Waals surface area contributed by atoms with Gasteiger partial charge in [0.25, 0.3) is 0 Å². The van der Waals surface area contributed by atoms with Gasteiger partial charge in [-0.1, -0.05) is 0 Å². The van der Waals surface area contributed by atoms with Crippen LogP contribution in [0.25, 0.3) is 0 Å². The molecule has 12 heavy (non-hydrogen) atoms. The summed E-state index contributed by atoms with van der Waals surface area (Å²) in [6, 6.07) is 0.616. The molecule has 72 valence electrons. The molecule has 0 spiro atoms. The maximum absolute atomic E-state index is 9.06. The van der Waals surface area contributed by atoms with Gasteiger partial charge in [0.1, 0.15) is 0 Å². The number of nitrogens with one attached hydrogen (secondary N) is 1. The molecule has 4 heteroatoms. The maximum Gasteiger partial charge on any atom is 0.0636 e. The molecule has 1 atom stereocenters. The number of halogens is 1. The first-order valence-corrected chi connectivity index (χ1v) is 5.47. The van der Waals surface area contributed by atoms with E-state index in [4.69, 9.17) is 5.11 Å². The van der Waals surface area contributed by atoms with Gasteiger partial charge in [-0.15, -0.1) is 0 Å². The number of aliphatic hydroxyl groups is 1. The number of piperidine rings is 1. The average molecular weight is 284 g/mol. The molecule has 1 aliphatic heterocycles. The molecule has 1 aliphatic rings. The average Bonchev–Trinajstić information content (AvgIpc) is 2.03. The highest BCUT2D eigenvalue weighted by molar-refractivity contribution is 14.1. The molecular weight excluding hydrogens is 267 g/mol. The second kappa shape index (κ2) is 5.36. The molecule has 2 N–H and O–H groups in total. The normalized spacial score (nSPS) is 24.2. The summed E-state index contributed by atoms with van der Waals surface area (Å²) in [4.78, 5) is 0. The van der Waals surface area contributed by atoms with Gasteiger partial charge < -0.3 is 10.4 Å². The molecule has 0 aliphatic carbocycles. The van der Waals surface area contributed by atoms with Crippen molar-refractivity contribution in [3.63, 3.8) is 0 Å². The summed E-state index contributed by atoms with van der Waals surface area (Å²) in [5, 5.41) is 12.4. The topological polar surface area (TPSA) is 35.5 Å². The highest BCUT2D eigenvalue weighted by atomic mass is 127. The minimum Gasteiger partial charge on any atom is -0.392 e. The largest absolute Gasteiger partial charge is 0.392 e. The summed E-state index contributed by atoms with van der Waals surface area (Å²) < 4.78 is 2.32. The number of nitrogens with zero attached hydrogens (tertiary/aromatic N) is 1. The molecule has 0 aromatic heterocycles. The Bertz CT molecular complexity index is 124. The molecule has 0 aromatic rings. The third kappa shape index (κ3) is 4.02. The van der Waals surface area contributed by atoms with Gasteiger partial charge in [-0.05, 0) is 19.8 Å². The van der Waals surface area contributed by atoms with Crippen molar-refractivity contribution < 1.29 is 5.11 Å². The molecule has 0 bridgehead atoms. The second-order valence-corrected chi connectivity index (χ2v) is 4.81. The Labute approximate surface area is 88.0 Å². The number of hydrogen-bond donors (Lipinski definition) is 2. The fourth-order valence-corrected chi connectivity index (χ4v) is 1.95. The molecule has 0 amide bonds. The van der Waals surface area contributed by atoms with Crippen molar-refractivity contribution in [3.8, 4) is 0 Å². The Morgan fingerprint density at radius 3 is 2.67 bits per heavy atom. The van der Waals surface area contributed by atoms with Gasteiger partial charge in [-0.3, -0.25) is 0 Å². The first-order valence-electron chi connectivity index (χ1n) is 4.50. The molecule has 3 nitrogen and oxygen atoms in total. The quantitative estimate of drug-likeness (QED) is 0.593. The van der Waals surface area contributed by atoms with E-state index in [1.807, 2.05) is 6.92 Å². The van der Waals surface area contributed by atoms with Gasteiger partial charge in [-0.2, -0.15) is 0 Å². The van der Waals surface area contributed by atoms with Crippen LogP contribution in [-0.4, -0.2) is 40.0 Å². The van der Waals surface area contributed by atoms with E-state index < -0.39 is 0 Å². The molecule has 1 rings (SSSR count). The van der Waals surface area contributed by atoms with Crippen LogP contribution in [0.3, 0.4) is 0 Å². The highest BCUT2D eigenvalue weighted by Crippen LogP contribution is 2.13. The molecule has 0 radical (unpaired) electrons. The lowest BCUT2D eigenvalue weighted by atomic mass is 10.1. The summed E-state index contributed by atoms with van der Waals surface area (Å²) >= 11 is 2.36. The zero-order chi connectivity index (χ0) is 8.97. The van der Waals surface area contributed by atoms with Crippen LogP contribution < -0.4 is 5.32 Å². The predicted octanol–water partition coefficient (Wildman–Crippen LogP) is 0.771. The zero-order valence-electron chi connectivity index (χ0n) is 7.46. The Balaban J connectivity index is 2.09. The van der Waals surface area contributed by atoms with Crippen LogP contribution in [0.1, 0.15) is 19.8 Å². The SMILES string of the molecule is C[C@@H](O)CNC1CCN(I)CC1. The lowest BCUT2D eigenvalue weighted by Gasteiger charge is -2.28. The number of aliphatic hydroxyl groups excluding tert-OH is 1. The first kappa shape index (κ1) is 10.7. The van der Waals surface area contributed by atoms with Gasteiger partial charge in [0.15, 0.2) is 0 Å². The van der Waals surface area contributed by atoms with Gasteiger partial charge in [0.2, 0.25) is 0 Å². The summed E-state index contributed by atoms with van der Waals surface area (Å²) in [6.07, 6.45) is 2.19. The Hall–Kier alpha value is 0.610. The fourth-order valence-electron chi connectivity index (χ4n) is 1.39. The summed E-state index contributed by atoms with van der Waals surface area (Å²) in [6.45, 7) is 4.88. The van der Waals surface area contributed by atoms with Crippen LogP contribution in [-0.2, 0) is 0 Å². The number of hydrogen-bond acceptors (Lipinski definition) is 3. The Kier molecular flexibility index (Phi) is 4.78. The van der Waals surface area contributed by atoms with Crippen molar-refractivity contribution in [2.24, 2.45) is 0 Å². The number of rotatable bonds is 3. The van der Waals surface area contributed by atoms with Crippen molar-refractivity contribution in [2.45, 2.75) is 31.9 Å². The van der Waals surface area contributed by atoms with Crippen molar-refractivity contribution in [1.82, 2.24) is 8.43 Å². The molecule has 0 saturated carbocycles. The Morgan fingerprint density at radius 1 is 1.58 bits per heavy atom. The molecule has 1 saturated heterocycles. The maximum atomic E-state index is 9.06. The van der Waals surface area contributed by atoms with E-state index in [2.05, 4.69) is 31.3 Å². The van der Waals surface area contributed by atoms with Crippen LogP contribution >= 0.6 is 22.9 Å². The van der Waals surface area contributed by atoms with Crippen LogP contribution in [0.4, 0.5) is 0 Å². The molecule has 1 heterocycles. The van der Waals surface area contributed by atoms with Crippen molar-refractivity contribution in [3.05, 3.63) is 0 Å². The van der Waals surface area contributed by atoms with Crippen LogP contribution in [0.15, 0.2) is 0 Å². The molecule has 0 aromatic carbocycles. The Morgan fingerprint density at radius 2 is 2.17 bits per heavy atom. The first-order chi connectivity index (χ1) is 5.68. The second-order valence-electron chi connectivity index (χ2n) is 3.44. The lowest BCUT2D eigenvalue weighted by Crippen LogP contribution is -2.41. The smallest absolute Gasteiger partial charge is 0.0636 e. The van der Waals surface area contributed by atoms with E-state index in [0.29, 0.717) is 6.04 Å². The van der Waals surface area contributed by atoms with Gasteiger partial charge in [0.05, 0.1) is 6.10 Å². The third-order valence-electron chi connectivity index (χ3n) is 2.14. The van der Waals surface area contributed by atoms with Gasteiger partial charge in [-0.25, -0.2) is 3.11 Å². The van der Waals surface area contributed by atoms with E-state index in [-0.39, 0.29) is 6.10 Å². The van der Waals surface area contributed by atoms with Crippen LogP contribution in [0.2, 0.25) is 0 Å². The molecular formula is C8H17IN2O. The van der Waals surface area contributed by atoms with Crippen molar-refractivity contribution in [2.75, 3.05) is 19.6 Å². The van der Waals surface area contributed by atoms with Crippen molar-refractivity contribution in [1.29, 1.82) is 0 Å². The van der Waals surface area contributed by atoms with Crippen LogP contribution in [0.5, 0.6) is 0 Å². The minimum absolute atomic E-state index is 0.220. The summed E-state index contributed by atoms with van der Waals surface area (Å²) in [7, 11) is 0. The highest BCUT2D eigenvalue weighted by Gasteiger charge is 2.16. The minimum atomic E-state index is -0.220. The zero-order valence-corrected chi connectivity index (χ0v) is 9.62. The van der Waals surface area contributed by atoms with E-state index >= 15 is 0 Å². The fraction of sp³-hybridized carbons (Fsp3) is 1.00. The van der Waals surface area contributed by atoms with Gasteiger partial charge in [0, 0.05) is 48.5 Å². The predicted molar refractivity (Wildman–Crippen MR) is 58.3 cm³/mol. The standard InChI is InChI=1S/C8H17IN2O/c1-7(12)6-10-8-2-4-11(9)5-3-8/h7-8,10,12H,2-6H2,1H3/t7-/m1/s1. The monoisotopic (exact) mass is 284 g/mol. The summed E-state index contributed by atoms with van der Waals surface area (Å²) in [5.41, 5.74) is 0. The molecule has 0 unspecified atom stereocenters. The van der Waals surface area contributed by atoms with Crippen LogP contribution in [0, 0.1) is 0 Å². The lowest BCUT2D eigenvalue weighted by molar-refractivity contribution is 0.179. The van der Waals surface area contributed by atoms with E-state index in [1.165, 1.54) is 12.8 Å². The van der Waals surface area contributed by atoms with Gasteiger partial charge >= 0.3 is 0 Å². The van der Waals surface area contributed by atoms with E-state index in [9.17, 15) is 0 Å². The third-order valence-corrected chi connectivity index (χ3v) is 3.11.